The van der Waals surface area contributed by atoms with E-state index < -0.39 is 0 Å². The molecule has 0 bridgehead atoms. The van der Waals surface area contributed by atoms with Gasteiger partial charge in [0.2, 0.25) is 0 Å². The molecule has 0 saturated carbocycles. The van der Waals surface area contributed by atoms with Crippen LogP contribution in [0.4, 0.5) is 4.39 Å². The molecule has 2 aromatic carbocycles. The minimum Gasteiger partial charge on any atom is -0.490 e. The summed E-state index contributed by atoms with van der Waals surface area (Å²) in [5.41, 5.74) is 1.87. The second-order valence-corrected chi connectivity index (χ2v) is 5.89. The van der Waals surface area contributed by atoms with Crippen molar-refractivity contribution in [2.75, 3.05) is 6.61 Å². The summed E-state index contributed by atoms with van der Waals surface area (Å²) >= 11 is 6.69. The molecule has 0 aliphatic carbocycles. The molecule has 2 aromatic rings. The molecule has 0 heterocycles. The van der Waals surface area contributed by atoms with Gasteiger partial charge in [-0.1, -0.05) is 37.9 Å². The van der Waals surface area contributed by atoms with Crippen LogP contribution in [0.1, 0.15) is 18.1 Å². The fraction of sp³-hybridized carbons (Fsp3) is 0.250. The van der Waals surface area contributed by atoms with Gasteiger partial charge < -0.3 is 9.47 Å². The summed E-state index contributed by atoms with van der Waals surface area (Å²) < 4.78 is 25.4. The van der Waals surface area contributed by atoms with Crippen molar-refractivity contribution in [3.8, 4) is 11.5 Å². The monoisotopic (exact) mass is 416 g/mol. The van der Waals surface area contributed by atoms with Crippen molar-refractivity contribution < 1.29 is 13.9 Å². The highest BCUT2D eigenvalue weighted by molar-refractivity contribution is 9.10. The molecule has 0 aliphatic rings. The van der Waals surface area contributed by atoms with Crippen LogP contribution in [0.25, 0.3) is 0 Å². The van der Waals surface area contributed by atoms with Crippen LogP contribution in [0.3, 0.4) is 0 Å². The second-order valence-electron chi connectivity index (χ2n) is 4.41. The van der Waals surface area contributed by atoms with Crippen LogP contribution in [0.15, 0.2) is 40.9 Å². The first kappa shape index (κ1) is 16.3. The zero-order chi connectivity index (χ0) is 15.2. The minimum atomic E-state index is -0.289. The predicted octanol–water partition coefficient (Wildman–Crippen LogP) is 5.46. The lowest BCUT2D eigenvalue weighted by molar-refractivity contribution is 0.269. The molecule has 0 saturated heterocycles. The zero-order valence-electron chi connectivity index (χ0n) is 11.5. The van der Waals surface area contributed by atoms with Gasteiger partial charge >= 0.3 is 0 Å². The predicted molar refractivity (Wildman–Crippen MR) is 88.7 cm³/mol. The van der Waals surface area contributed by atoms with Crippen molar-refractivity contribution in [1.82, 2.24) is 0 Å². The number of hydrogen-bond donors (Lipinski definition) is 0. The Morgan fingerprint density at radius 1 is 1.00 bits per heavy atom. The Labute approximate surface area is 140 Å². The molecule has 21 heavy (non-hydrogen) atoms. The largest absolute Gasteiger partial charge is 0.490 e. The van der Waals surface area contributed by atoms with E-state index >= 15 is 0 Å². The van der Waals surface area contributed by atoms with Crippen LogP contribution < -0.4 is 9.47 Å². The lowest BCUT2D eigenvalue weighted by Gasteiger charge is -2.13. The molecule has 2 rings (SSSR count). The molecule has 0 spiro atoms. The van der Waals surface area contributed by atoms with Crippen LogP contribution in [-0.4, -0.2) is 6.61 Å². The smallest absolute Gasteiger partial charge is 0.161 e. The lowest BCUT2D eigenvalue weighted by atomic mass is 10.2. The first-order chi connectivity index (χ1) is 10.1. The third-order valence-electron chi connectivity index (χ3n) is 2.78. The summed E-state index contributed by atoms with van der Waals surface area (Å²) in [6.45, 7) is 2.77. The van der Waals surface area contributed by atoms with E-state index in [0.29, 0.717) is 22.6 Å². The maximum atomic E-state index is 13.3. The van der Waals surface area contributed by atoms with Crippen LogP contribution in [0.5, 0.6) is 11.5 Å². The molecular formula is C16H15Br2FO2. The Morgan fingerprint density at radius 2 is 1.81 bits per heavy atom. The molecular weight excluding hydrogens is 403 g/mol. The average molecular weight is 418 g/mol. The summed E-state index contributed by atoms with van der Waals surface area (Å²) in [6.07, 6.45) is 0. The molecule has 0 N–H and O–H groups in total. The molecule has 5 heteroatoms. The molecule has 0 aromatic heterocycles. The number of rotatable bonds is 6. The van der Waals surface area contributed by atoms with E-state index in [1.54, 1.807) is 0 Å². The highest BCUT2D eigenvalue weighted by Crippen LogP contribution is 2.30. The van der Waals surface area contributed by atoms with Crippen molar-refractivity contribution in [3.05, 3.63) is 57.8 Å². The topological polar surface area (TPSA) is 18.5 Å². The van der Waals surface area contributed by atoms with E-state index in [0.717, 1.165) is 16.5 Å². The Kier molecular flexibility index (Phi) is 6.06. The zero-order valence-corrected chi connectivity index (χ0v) is 14.7. The van der Waals surface area contributed by atoms with Crippen molar-refractivity contribution in [2.45, 2.75) is 18.9 Å². The first-order valence-corrected chi connectivity index (χ1v) is 8.43. The Morgan fingerprint density at radius 3 is 2.48 bits per heavy atom. The van der Waals surface area contributed by atoms with E-state index in [1.165, 1.54) is 12.1 Å². The van der Waals surface area contributed by atoms with Crippen LogP contribution >= 0.6 is 31.9 Å². The van der Waals surface area contributed by atoms with Gasteiger partial charge in [-0.15, -0.1) is 0 Å². The van der Waals surface area contributed by atoms with E-state index in [4.69, 9.17) is 9.47 Å². The molecule has 0 radical (unpaired) electrons. The van der Waals surface area contributed by atoms with Gasteiger partial charge in [0.15, 0.2) is 11.5 Å². The van der Waals surface area contributed by atoms with E-state index in [9.17, 15) is 4.39 Å². The summed E-state index contributed by atoms with van der Waals surface area (Å²) in [5.74, 6) is 1.06. The Balaban J connectivity index is 2.15. The van der Waals surface area contributed by atoms with Crippen molar-refractivity contribution in [1.29, 1.82) is 0 Å². The highest BCUT2D eigenvalue weighted by atomic mass is 79.9. The van der Waals surface area contributed by atoms with E-state index in [-0.39, 0.29) is 12.4 Å². The molecule has 2 nitrogen and oxygen atoms in total. The summed E-state index contributed by atoms with van der Waals surface area (Å²) in [4.78, 5) is 0. The molecule has 0 aliphatic heterocycles. The van der Waals surface area contributed by atoms with E-state index in [1.807, 2.05) is 31.2 Å². The van der Waals surface area contributed by atoms with Crippen LogP contribution in [0, 0.1) is 5.82 Å². The van der Waals surface area contributed by atoms with Gasteiger partial charge in [-0.3, -0.25) is 0 Å². The number of benzene rings is 2. The Bertz CT molecular complexity index is 597. The van der Waals surface area contributed by atoms with Crippen molar-refractivity contribution >= 4 is 31.9 Å². The molecule has 0 unspecified atom stereocenters. The van der Waals surface area contributed by atoms with Crippen molar-refractivity contribution in [3.63, 3.8) is 0 Å². The van der Waals surface area contributed by atoms with Crippen LogP contribution in [0.2, 0.25) is 0 Å². The molecule has 0 amide bonds. The van der Waals surface area contributed by atoms with Gasteiger partial charge in [0.1, 0.15) is 12.4 Å². The van der Waals surface area contributed by atoms with Gasteiger partial charge in [-0.2, -0.15) is 0 Å². The van der Waals surface area contributed by atoms with E-state index in [2.05, 4.69) is 31.9 Å². The quantitative estimate of drug-likeness (QED) is 0.581. The number of hydrogen-bond acceptors (Lipinski definition) is 2. The maximum absolute atomic E-state index is 13.3. The Hall–Kier alpha value is -1.07. The average Bonchev–Trinajstić information content (AvgIpc) is 2.45. The fourth-order valence-electron chi connectivity index (χ4n) is 1.88. The number of alkyl halides is 1. The molecule has 0 atom stereocenters. The standard InChI is InChI=1S/C16H15Br2FO2/c1-2-20-16-7-11(9-17)3-4-15(16)21-10-12-5-13(18)8-14(19)6-12/h3-8H,2,9-10H2,1H3. The van der Waals surface area contributed by atoms with Crippen molar-refractivity contribution in [2.24, 2.45) is 0 Å². The maximum Gasteiger partial charge on any atom is 0.161 e. The highest BCUT2D eigenvalue weighted by Gasteiger charge is 2.07. The van der Waals surface area contributed by atoms with Gasteiger partial charge in [0.25, 0.3) is 0 Å². The summed E-state index contributed by atoms with van der Waals surface area (Å²) in [5, 5.41) is 0.754. The molecule has 0 fully saturated rings. The third-order valence-corrected chi connectivity index (χ3v) is 3.88. The summed E-state index contributed by atoms with van der Waals surface area (Å²) in [7, 11) is 0. The lowest BCUT2D eigenvalue weighted by Crippen LogP contribution is -2.00. The molecule has 112 valence electrons. The SMILES string of the molecule is CCOc1cc(CBr)ccc1OCc1cc(F)cc(Br)c1. The van der Waals surface area contributed by atoms with Gasteiger partial charge in [0, 0.05) is 9.80 Å². The van der Waals surface area contributed by atoms with Gasteiger partial charge in [-0.05, 0) is 48.4 Å². The third kappa shape index (κ3) is 4.71. The second kappa shape index (κ2) is 7.80. The fourth-order valence-corrected chi connectivity index (χ4v) is 2.74. The first-order valence-electron chi connectivity index (χ1n) is 6.52. The summed E-state index contributed by atoms with van der Waals surface area (Å²) in [6, 6.07) is 10.5. The van der Waals surface area contributed by atoms with Gasteiger partial charge in [0.05, 0.1) is 6.61 Å². The van der Waals surface area contributed by atoms with Crippen LogP contribution in [-0.2, 0) is 11.9 Å². The normalized spacial score (nSPS) is 10.5. The minimum absolute atomic E-state index is 0.282. The van der Waals surface area contributed by atoms with Gasteiger partial charge in [-0.25, -0.2) is 4.39 Å². The number of ether oxygens (including phenoxy) is 2. The number of halogens is 3.